The van der Waals surface area contributed by atoms with Crippen LogP contribution in [0.5, 0.6) is 0 Å². The third kappa shape index (κ3) is 2.40. The van der Waals surface area contributed by atoms with Crippen LogP contribution in [0.4, 0.5) is 5.69 Å². The number of benzene rings is 2. The lowest BCUT2D eigenvalue weighted by Crippen LogP contribution is -2.43. The third-order valence-corrected chi connectivity index (χ3v) is 4.63. The zero-order valence-corrected chi connectivity index (χ0v) is 13.1. The first-order valence-corrected chi connectivity index (χ1v) is 8.04. The van der Waals surface area contributed by atoms with Gasteiger partial charge in [-0.1, -0.05) is 30.3 Å². The fourth-order valence-electron chi connectivity index (χ4n) is 3.43. The summed E-state index contributed by atoms with van der Waals surface area (Å²) in [5, 5.41) is 0. The molecule has 1 aromatic heterocycles. The summed E-state index contributed by atoms with van der Waals surface area (Å²) in [6.45, 7) is 2.44. The van der Waals surface area contributed by atoms with E-state index in [1.807, 2.05) is 45.9 Å². The lowest BCUT2D eigenvalue weighted by molar-refractivity contribution is -0.119. The van der Waals surface area contributed by atoms with Crippen LogP contribution in [0.2, 0.25) is 0 Å². The molecular formula is C19H19N3O. The molecule has 4 nitrogen and oxygen atoms in total. The number of hydrogen-bond acceptors (Lipinski definition) is 2. The molecule has 0 saturated heterocycles. The fraction of sp³-hybridized carbons (Fsp3) is 0.263. The van der Waals surface area contributed by atoms with E-state index in [1.54, 1.807) is 6.33 Å². The SMILES string of the molecule is CC1CCc2ccccc2N1C(=O)Cn1cnc2ccccc21. The van der Waals surface area contributed by atoms with Crippen molar-refractivity contribution in [3.8, 4) is 0 Å². The summed E-state index contributed by atoms with van der Waals surface area (Å²) < 4.78 is 1.93. The van der Waals surface area contributed by atoms with Crippen LogP contribution in [0.25, 0.3) is 11.0 Å². The second-order valence-corrected chi connectivity index (χ2v) is 6.14. The van der Waals surface area contributed by atoms with Crippen molar-refractivity contribution in [2.45, 2.75) is 32.4 Å². The summed E-state index contributed by atoms with van der Waals surface area (Å²) in [5.41, 5.74) is 4.24. The molecule has 0 bridgehead atoms. The van der Waals surface area contributed by atoms with Gasteiger partial charge in [0.15, 0.2) is 0 Å². The van der Waals surface area contributed by atoms with Crippen molar-refractivity contribution in [3.63, 3.8) is 0 Å². The predicted molar refractivity (Wildman–Crippen MR) is 91.4 cm³/mol. The Labute approximate surface area is 135 Å². The number of aryl methyl sites for hydroxylation is 1. The Morgan fingerprint density at radius 1 is 1.17 bits per heavy atom. The van der Waals surface area contributed by atoms with Crippen molar-refractivity contribution in [1.82, 2.24) is 9.55 Å². The first-order chi connectivity index (χ1) is 11.2. The van der Waals surface area contributed by atoms with Gasteiger partial charge in [-0.3, -0.25) is 4.79 Å². The smallest absolute Gasteiger partial charge is 0.247 e. The summed E-state index contributed by atoms with van der Waals surface area (Å²) in [6, 6.07) is 16.4. The summed E-state index contributed by atoms with van der Waals surface area (Å²) in [7, 11) is 0. The van der Waals surface area contributed by atoms with Gasteiger partial charge < -0.3 is 9.47 Å². The summed E-state index contributed by atoms with van der Waals surface area (Å²) in [6.07, 6.45) is 3.80. The van der Waals surface area contributed by atoms with Crippen molar-refractivity contribution in [2.24, 2.45) is 0 Å². The average molecular weight is 305 g/mol. The fourth-order valence-corrected chi connectivity index (χ4v) is 3.43. The molecule has 0 fully saturated rings. The van der Waals surface area contributed by atoms with Gasteiger partial charge in [0.2, 0.25) is 5.91 Å². The Kier molecular flexibility index (Phi) is 3.37. The van der Waals surface area contributed by atoms with Gasteiger partial charge >= 0.3 is 0 Å². The second-order valence-electron chi connectivity index (χ2n) is 6.14. The van der Waals surface area contributed by atoms with Crippen LogP contribution in [0.15, 0.2) is 54.9 Å². The van der Waals surface area contributed by atoms with Crippen LogP contribution < -0.4 is 4.90 Å². The lowest BCUT2D eigenvalue weighted by atomic mass is 9.96. The van der Waals surface area contributed by atoms with Crippen molar-refractivity contribution >= 4 is 22.6 Å². The molecule has 3 aromatic rings. The average Bonchev–Trinajstić information content (AvgIpc) is 2.98. The van der Waals surface area contributed by atoms with E-state index in [4.69, 9.17) is 0 Å². The van der Waals surface area contributed by atoms with Gasteiger partial charge in [0.1, 0.15) is 6.54 Å². The summed E-state index contributed by atoms with van der Waals surface area (Å²) >= 11 is 0. The zero-order chi connectivity index (χ0) is 15.8. The number of imidazole rings is 1. The van der Waals surface area contributed by atoms with Crippen molar-refractivity contribution < 1.29 is 4.79 Å². The van der Waals surface area contributed by atoms with Crippen molar-refractivity contribution in [1.29, 1.82) is 0 Å². The molecule has 2 heterocycles. The van der Waals surface area contributed by atoms with Gasteiger partial charge in [0.25, 0.3) is 0 Å². The largest absolute Gasteiger partial charge is 0.321 e. The number of carbonyl (C=O) groups is 1. The molecule has 0 radical (unpaired) electrons. The molecule has 1 aliphatic heterocycles. The molecule has 0 aliphatic carbocycles. The highest BCUT2D eigenvalue weighted by Crippen LogP contribution is 2.30. The van der Waals surface area contributed by atoms with E-state index in [1.165, 1.54) is 5.56 Å². The van der Waals surface area contributed by atoms with Crippen LogP contribution in [0.1, 0.15) is 18.9 Å². The number of hydrogen-bond donors (Lipinski definition) is 0. The summed E-state index contributed by atoms with van der Waals surface area (Å²) in [5.74, 6) is 0.118. The van der Waals surface area contributed by atoms with E-state index >= 15 is 0 Å². The maximum atomic E-state index is 13.0. The first kappa shape index (κ1) is 14.0. The molecule has 116 valence electrons. The zero-order valence-electron chi connectivity index (χ0n) is 13.1. The van der Waals surface area contributed by atoms with Crippen molar-refractivity contribution in [2.75, 3.05) is 4.90 Å². The second kappa shape index (κ2) is 5.54. The van der Waals surface area contributed by atoms with Crippen LogP contribution in [-0.2, 0) is 17.8 Å². The molecule has 1 aliphatic rings. The number of para-hydroxylation sites is 3. The highest BCUT2D eigenvalue weighted by Gasteiger charge is 2.28. The molecule has 2 aromatic carbocycles. The minimum absolute atomic E-state index is 0.118. The normalized spacial score (nSPS) is 17.3. The Morgan fingerprint density at radius 3 is 2.87 bits per heavy atom. The van der Waals surface area contributed by atoms with Gasteiger partial charge in [0.05, 0.1) is 17.4 Å². The maximum absolute atomic E-state index is 13.0. The van der Waals surface area contributed by atoms with Gasteiger partial charge in [-0.2, -0.15) is 0 Å². The van der Waals surface area contributed by atoms with Gasteiger partial charge in [-0.05, 0) is 43.5 Å². The molecule has 4 heteroatoms. The van der Waals surface area contributed by atoms with Gasteiger partial charge in [0, 0.05) is 11.7 Å². The van der Waals surface area contributed by atoms with E-state index in [0.717, 1.165) is 29.6 Å². The highest BCUT2D eigenvalue weighted by molar-refractivity contribution is 5.95. The van der Waals surface area contributed by atoms with Crippen molar-refractivity contribution in [3.05, 3.63) is 60.4 Å². The quantitative estimate of drug-likeness (QED) is 0.728. The van der Waals surface area contributed by atoms with E-state index in [0.29, 0.717) is 6.54 Å². The number of amides is 1. The molecule has 1 amide bonds. The van der Waals surface area contributed by atoms with Crippen LogP contribution in [0.3, 0.4) is 0 Å². The molecule has 1 unspecified atom stereocenters. The van der Waals surface area contributed by atoms with Gasteiger partial charge in [-0.25, -0.2) is 4.98 Å². The molecule has 1 atom stereocenters. The highest BCUT2D eigenvalue weighted by atomic mass is 16.2. The topological polar surface area (TPSA) is 38.1 Å². The molecule has 0 saturated carbocycles. The Bertz CT molecular complexity index is 868. The van der Waals surface area contributed by atoms with Crippen LogP contribution in [-0.4, -0.2) is 21.5 Å². The molecule has 0 spiro atoms. The number of fused-ring (bicyclic) bond motifs is 2. The maximum Gasteiger partial charge on any atom is 0.247 e. The predicted octanol–water partition coefficient (Wildman–Crippen LogP) is 3.40. The summed E-state index contributed by atoms with van der Waals surface area (Å²) in [4.78, 5) is 19.3. The van der Waals surface area contributed by atoms with E-state index in [-0.39, 0.29) is 11.9 Å². The number of nitrogens with zero attached hydrogens (tertiary/aromatic N) is 3. The number of carbonyl (C=O) groups excluding carboxylic acids is 1. The number of anilines is 1. The van der Waals surface area contributed by atoms with E-state index in [9.17, 15) is 4.79 Å². The van der Waals surface area contributed by atoms with E-state index < -0.39 is 0 Å². The third-order valence-electron chi connectivity index (χ3n) is 4.63. The molecule has 4 rings (SSSR count). The monoisotopic (exact) mass is 305 g/mol. The number of rotatable bonds is 2. The number of aromatic nitrogens is 2. The van der Waals surface area contributed by atoms with Crippen LogP contribution >= 0.6 is 0 Å². The van der Waals surface area contributed by atoms with E-state index in [2.05, 4.69) is 24.0 Å². The molecule has 23 heavy (non-hydrogen) atoms. The minimum Gasteiger partial charge on any atom is -0.321 e. The Hall–Kier alpha value is -2.62. The Morgan fingerprint density at radius 2 is 1.96 bits per heavy atom. The standard InChI is InChI=1S/C19H19N3O/c1-14-10-11-15-6-2-4-8-17(15)22(14)19(23)12-21-13-20-16-7-3-5-9-18(16)21/h2-9,13-14H,10-12H2,1H3. The van der Waals surface area contributed by atoms with Gasteiger partial charge in [-0.15, -0.1) is 0 Å². The molecular weight excluding hydrogens is 286 g/mol. The Balaban J connectivity index is 1.67. The molecule has 0 N–H and O–H groups in total. The first-order valence-electron chi connectivity index (χ1n) is 8.04. The van der Waals surface area contributed by atoms with Crippen LogP contribution in [0, 0.1) is 0 Å². The minimum atomic E-state index is 0.118. The lowest BCUT2D eigenvalue weighted by Gasteiger charge is -2.35.